The first-order valence-electron chi connectivity index (χ1n) is 7.01. The van der Waals surface area contributed by atoms with Crippen LogP contribution >= 0.6 is 31.9 Å². The van der Waals surface area contributed by atoms with Gasteiger partial charge in [0.25, 0.3) is 0 Å². The summed E-state index contributed by atoms with van der Waals surface area (Å²) in [7, 11) is 0. The molecule has 0 radical (unpaired) electrons. The summed E-state index contributed by atoms with van der Waals surface area (Å²) in [5.41, 5.74) is 0.566. The Morgan fingerprint density at radius 1 is 0.875 bits per heavy atom. The molecule has 0 heterocycles. The van der Waals surface area contributed by atoms with E-state index < -0.39 is 23.5 Å². The molecule has 0 amide bonds. The first kappa shape index (κ1) is 18.9. The number of phenols is 2. The van der Waals surface area contributed by atoms with Crippen molar-refractivity contribution in [2.45, 2.75) is 11.8 Å². The van der Waals surface area contributed by atoms with Crippen molar-refractivity contribution in [3.8, 4) is 11.5 Å². The number of benzene rings is 2. The summed E-state index contributed by atoms with van der Waals surface area (Å²) in [6.45, 7) is 0. The lowest BCUT2D eigenvalue weighted by Gasteiger charge is -2.21. The van der Waals surface area contributed by atoms with Gasteiger partial charge in [-0.2, -0.15) is 0 Å². The van der Waals surface area contributed by atoms with E-state index in [9.17, 15) is 23.8 Å². The molecule has 0 aliphatic heterocycles. The number of halogens is 4. The zero-order valence-corrected chi connectivity index (χ0v) is 15.5. The minimum Gasteiger partial charge on any atom is -0.508 e. The van der Waals surface area contributed by atoms with Crippen molar-refractivity contribution in [2.75, 3.05) is 10.7 Å². The van der Waals surface area contributed by atoms with E-state index >= 15 is 0 Å². The Labute approximate surface area is 154 Å². The quantitative estimate of drug-likeness (QED) is 0.615. The molecule has 0 saturated heterocycles. The van der Waals surface area contributed by atoms with Crippen LogP contribution in [0.1, 0.15) is 23.0 Å². The van der Waals surface area contributed by atoms with Crippen molar-refractivity contribution in [1.29, 1.82) is 0 Å². The van der Waals surface area contributed by atoms with Gasteiger partial charge in [-0.25, -0.2) is 8.78 Å². The monoisotopic (exact) mass is 462 g/mol. The number of hydrogen-bond donors (Lipinski definition) is 2. The van der Waals surface area contributed by atoms with Crippen molar-refractivity contribution in [1.82, 2.24) is 0 Å². The van der Waals surface area contributed by atoms with Gasteiger partial charge in [0.1, 0.15) is 28.9 Å². The highest BCUT2D eigenvalue weighted by Crippen LogP contribution is 2.36. The lowest BCUT2D eigenvalue weighted by atomic mass is 9.85. The standard InChI is InChI=1S/C17H14Br2F2O3/c18-7-13(11-3-1-9(20)5-15(11)22)17(24)14(8-19)12-4-2-10(21)6-16(12)23/h1-6,13-14,22-23H,7-8H2. The van der Waals surface area contributed by atoms with Crippen molar-refractivity contribution in [2.24, 2.45) is 0 Å². The Kier molecular flexibility index (Phi) is 6.34. The second-order valence-electron chi connectivity index (χ2n) is 5.22. The summed E-state index contributed by atoms with van der Waals surface area (Å²) < 4.78 is 26.3. The average molecular weight is 464 g/mol. The van der Waals surface area contributed by atoms with Gasteiger partial charge in [-0.15, -0.1) is 0 Å². The number of phenolic OH excluding ortho intramolecular Hbond substituents is 2. The molecule has 2 aromatic carbocycles. The van der Waals surface area contributed by atoms with Crippen LogP contribution in [0.5, 0.6) is 11.5 Å². The minimum absolute atomic E-state index is 0.205. The van der Waals surface area contributed by atoms with Crippen LogP contribution in [-0.4, -0.2) is 26.7 Å². The molecule has 24 heavy (non-hydrogen) atoms. The summed E-state index contributed by atoms with van der Waals surface area (Å²) in [4.78, 5) is 12.9. The lowest BCUT2D eigenvalue weighted by Crippen LogP contribution is -2.23. The van der Waals surface area contributed by atoms with Gasteiger partial charge in [-0.3, -0.25) is 4.79 Å². The summed E-state index contributed by atoms with van der Waals surface area (Å²) >= 11 is 6.49. The van der Waals surface area contributed by atoms with Gasteiger partial charge in [0.15, 0.2) is 0 Å². The van der Waals surface area contributed by atoms with Gasteiger partial charge in [0.05, 0.1) is 11.8 Å². The fourth-order valence-electron chi connectivity index (χ4n) is 2.49. The largest absolute Gasteiger partial charge is 0.508 e. The maximum absolute atomic E-state index is 13.2. The van der Waals surface area contributed by atoms with Crippen LogP contribution in [0.15, 0.2) is 36.4 Å². The molecule has 2 unspecified atom stereocenters. The summed E-state index contributed by atoms with van der Waals surface area (Å²) in [5, 5.41) is 20.3. The van der Waals surface area contributed by atoms with Gasteiger partial charge in [-0.05, 0) is 12.1 Å². The Balaban J connectivity index is 2.41. The molecule has 2 atom stereocenters. The molecule has 2 rings (SSSR count). The third-order valence-electron chi connectivity index (χ3n) is 3.73. The molecule has 0 aromatic heterocycles. The molecule has 0 fully saturated rings. The molecule has 0 saturated carbocycles. The van der Waals surface area contributed by atoms with Crippen molar-refractivity contribution >= 4 is 37.6 Å². The summed E-state index contributed by atoms with van der Waals surface area (Å²) in [6, 6.07) is 6.91. The molecule has 2 aromatic rings. The number of aromatic hydroxyl groups is 2. The van der Waals surface area contributed by atoms with Crippen LogP contribution < -0.4 is 0 Å². The van der Waals surface area contributed by atoms with Crippen molar-refractivity contribution < 1.29 is 23.8 Å². The van der Waals surface area contributed by atoms with E-state index in [4.69, 9.17) is 0 Å². The first-order chi connectivity index (χ1) is 11.4. The molecular weight excluding hydrogens is 450 g/mol. The van der Waals surface area contributed by atoms with Crippen LogP contribution in [0.3, 0.4) is 0 Å². The number of ketones is 1. The lowest BCUT2D eigenvalue weighted by molar-refractivity contribution is -0.121. The van der Waals surface area contributed by atoms with Crippen molar-refractivity contribution in [3.63, 3.8) is 0 Å². The number of carbonyl (C=O) groups excluding carboxylic acids is 1. The number of Topliss-reactive ketones (excluding diaryl/α,β-unsaturated/α-hetero) is 1. The van der Waals surface area contributed by atoms with Gasteiger partial charge >= 0.3 is 0 Å². The molecule has 0 aliphatic rings. The van der Waals surface area contributed by atoms with Crippen LogP contribution in [0, 0.1) is 11.6 Å². The Morgan fingerprint density at radius 3 is 1.54 bits per heavy atom. The van der Waals surface area contributed by atoms with Crippen molar-refractivity contribution in [3.05, 3.63) is 59.2 Å². The highest BCUT2D eigenvalue weighted by Gasteiger charge is 2.31. The van der Waals surface area contributed by atoms with E-state index in [0.717, 1.165) is 24.3 Å². The van der Waals surface area contributed by atoms with Crippen LogP contribution in [0.4, 0.5) is 8.78 Å². The van der Waals surface area contributed by atoms with E-state index in [-0.39, 0.29) is 39.1 Å². The first-order valence-corrected chi connectivity index (χ1v) is 9.25. The normalized spacial score (nSPS) is 13.5. The number of carbonyl (C=O) groups is 1. The maximum atomic E-state index is 13.2. The van der Waals surface area contributed by atoms with E-state index in [2.05, 4.69) is 31.9 Å². The molecule has 3 nitrogen and oxygen atoms in total. The Morgan fingerprint density at radius 2 is 1.25 bits per heavy atom. The van der Waals surface area contributed by atoms with Crippen LogP contribution in [-0.2, 0) is 4.79 Å². The molecule has 0 bridgehead atoms. The highest BCUT2D eigenvalue weighted by molar-refractivity contribution is 9.09. The smallest absolute Gasteiger partial charge is 0.149 e. The number of hydrogen-bond acceptors (Lipinski definition) is 3. The maximum Gasteiger partial charge on any atom is 0.149 e. The molecule has 7 heteroatoms. The predicted octanol–water partition coefficient (Wildman–Crippen LogP) is 4.60. The molecular formula is C17H14Br2F2O3. The second kappa shape index (κ2) is 8.07. The SMILES string of the molecule is O=C(C(CBr)c1ccc(F)cc1O)C(CBr)c1ccc(F)cc1O. The summed E-state index contributed by atoms with van der Waals surface area (Å²) in [5.74, 6) is -3.65. The number of alkyl halides is 2. The van der Waals surface area contributed by atoms with Crippen LogP contribution in [0.2, 0.25) is 0 Å². The predicted molar refractivity (Wildman–Crippen MR) is 94.2 cm³/mol. The molecule has 2 N–H and O–H groups in total. The molecule has 128 valence electrons. The number of rotatable bonds is 6. The topological polar surface area (TPSA) is 57.5 Å². The Bertz CT molecular complexity index is 691. The fraction of sp³-hybridized carbons (Fsp3) is 0.235. The second-order valence-corrected chi connectivity index (χ2v) is 6.52. The van der Waals surface area contributed by atoms with Gasteiger partial charge in [-0.1, -0.05) is 44.0 Å². The van der Waals surface area contributed by atoms with E-state index in [1.807, 2.05) is 0 Å². The van der Waals surface area contributed by atoms with E-state index in [1.165, 1.54) is 12.1 Å². The minimum atomic E-state index is -0.752. The van der Waals surface area contributed by atoms with E-state index in [0.29, 0.717) is 0 Å². The zero-order valence-electron chi connectivity index (χ0n) is 12.3. The zero-order chi connectivity index (χ0) is 17.9. The van der Waals surface area contributed by atoms with E-state index in [1.54, 1.807) is 0 Å². The average Bonchev–Trinajstić information content (AvgIpc) is 2.52. The van der Waals surface area contributed by atoms with Gasteiger partial charge in [0, 0.05) is 33.9 Å². The third-order valence-corrected chi connectivity index (χ3v) is 5.03. The third kappa shape index (κ3) is 3.95. The molecule has 0 aliphatic carbocycles. The molecule has 0 spiro atoms. The highest BCUT2D eigenvalue weighted by atomic mass is 79.9. The van der Waals surface area contributed by atoms with Gasteiger partial charge in [0.2, 0.25) is 0 Å². The van der Waals surface area contributed by atoms with Gasteiger partial charge < -0.3 is 10.2 Å². The Hall–Kier alpha value is -1.47. The fourth-order valence-corrected chi connectivity index (χ4v) is 3.83. The summed E-state index contributed by atoms with van der Waals surface area (Å²) in [6.07, 6.45) is 0. The van der Waals surface area contributed by atoms with Crippen LogP contribution in [0.25, 0.3) is 0 Å².